The highest BCUT2D eigenvalue weighted by Crippen LogP contribution is 2.39. The number of amidine groups is 1. The average molecular weight is 449 g/mol. The first-order valence-electron chi connectivity index (χ1n) is 11.0. The van der Waals surface area contributed by atoms with E-state index < -0.39 is 0 Å². The van der Waals surface area contributed by atoms with Crippen LogP contribution < -0.4 is 5.32 Å². The minimum atomic E-state index is 0.270. The van der Waals surface area contributed by atoms with Gasteiger partial charge in [0.25, 0.3) is 0 Å². The van der Waals surface area contributed by atoms with Crippen LogP contribution >= 0.6 is 11.3 Å². The molecule has 2 N–H and O–H groups in total. The van der Waals surface area contributed by atoms with E-state index in [1.165, 1.54) is 26.1 Å². The van der Waals surface area contributed by atoms with E-state index in [4.69, 9.17) is 4.98 Å². The first-order valence-corrected chi connectivity index (χ1v) is 11.8. The fourth-order valence-corrected chi connectivity index (χ4v) is 5.99. The Hall–Kier alpha value is -3.84. The van der Waals surface area contributed by atoms with Crippen molar-refractivity contribution in [1.29, 1.82) is 0 Å². The van der Waals surface area contributed by atoms with E-state index in [-0.39, 0.29) is 6.04 Å². The van der Waals surface area contributed by atoms with Crippen molar-refractivity contribution < 1.29 is 0 Å². The van der Waals surface area contributed by atoms with E-state index in [2.05, 4.69) is 67.7 Å². The van der Waals surface area contributed by atoms with Gasteiger partial charge in [0.05, 0.1) is 35.0 Å². The summed E-state index contributed by atoms with van der Waals surface area (Å²) in [5, 5.41) is 8.01. The van der Waals surface area contributed by atoms with Gasteiger partial charge in [-0.25, -0.2) is 15.0 Å². The van der Waals surface area contributed by atoms with Crippen molar-refractivity contribution in [2.75, 3.05) is 6.54 Å². The second-order valence-corrected chi connectivity index (χ2v) is 9.71. The Morgan fingerprint density at radius 2 is 1.91 bits per heavy atom. The highest BCUT2D eigenvalue weighted by atomic mass is 32.1. The fraction of sp³-hybridized carbons (Fsp3) is 0.154. The van der Waals surface area contributed by atoms with E-state index in [1.807, 2.05) is 31.4 Å². The Balaban J connectivity index is 1.40. The number of aromatic amines is 1. The number of aliphatic imine (C=N–C) groups is 1. The normalized spacial score (nSPS) is 16.2. The van der Waals surface area contributed by atoms with Crippen LogP contribution in [-0.4, -0.2) is 32.3 Å². The number of thiophene rings is 1. The van der Waals surface area contributed by atoms with Crippen molar-refractivity contribution in [3.63, 3.8) is 0 Å². The number of aromatic nitrogens is 4. The predicted octanol–water partition coefficient (Wildman–Crippen LogP) is 5.91. The third-order valence-electron chi connectivity index (χ3n) is 6.46. The lowest BCUT2D eigenvalue weighted by molar-refractivity contribution is 0.710. The number of hydrogen-bond acceptors (Lipinski definition) is 6. The minimum Gasteiger partial charge on any atom is -0.365 e. The molecular formula is C26H20N6S. The van der Waals surface area contributed by atoms with E-state index in [0.717, 1.165) is 50.9 Å². The van der Waals surface area contributed by atoms with Gasteiger partial charge in [-0.05, 0) is 53.9 Å². The molecule has 1 aliphatic rings. The second-order valence-electron chi connectivity index (χ2n) is 8.62. The molecule has 6 aromatic rings. The Labute approximate surface area is 193 Å². The molecule has 0 aliphatic carbocycles. The lowest BCUT2D eigenvalue weighted by Crippen LogP contribution is -2.20. The number of aryl methyl sites for hydroxylation is 1. The lowest BCUT2D eigenvalue weighted by atomic mass is 10.0. The molecule has 0 amide bonds. The van der Waals surface area contributed by atoms with Crippen molar-refractivity contribution in [3.8, 4) is 10.4 Å². The zero-order valence-corrected chi connectivity index (χ0v) is 19.0. The summed E-state index contributed by atoms with van der Waals surface area (Å²) in [5.74, 6) is 1.90. The number of fused-ring (bicyclic) bond motifs is 7. The topological polar surface area (TPSA) is 78.8 Å². The number of hydrogen-bond donors (Lipinski definition) is 2. The molecule has 1 aliphatic heterocycles. The number of H-pyrrole nitrogens is 1. The maximum absolute atomic E-state index is 4.75. The first kappa shape index (κ1) is 18.7. The Kier molecular flexibility index (Phi) is 3.87. The molecule has 0 bridgehead atoms. The van der Waals surface area contributed by atoms with E-state index in [9.17, 15) is 0 Å². The van der Waals surface area contributed by atoms with Crippen LogP contribution in [0.15, 0.2) is 60.0 Å². The van der Waals surface area contributed by atoms with Crippen molar-refractivity contribution in [3.05, 3.63) is 66.4 Å². The SMILES string of the molecule is CC1=NCC(c2ccc3cc(-c4ccc5c(c4)c4cncnc4c4[nH]c(C)nc54)sc3c2)N1. The van der Waals surface area contributed by atoms with Gasteiger partial charge < -0.3 is 10.3 Å². The molecule has 7 rings (SSSR count). The summed E-state index contributed by atoms with van der Waals surface area (Å²) in [5.41, 5.74) is 5.32. The first-order chi connectivity index (χ1) is 16.1. The zero-order chi connectivity index (χ0) is 22.1. The van der Waals surface area contributed by atoms with Crippen molar-refractivity contribution >= 4 is 60.0 Å². The smallest absolute Gasteiger partial charge is 0.116 e. The van der Waals surface area contributed by atoms with Gasteiger partial charge in [-0.15, -0.1) is 11.3 Å². The predicted molar refractivity (Wildman–Crippen MR) is 136 cm³/mol. The molecule has 33 heavy (non-hydrogen) atoms. The van der Waals surface area contributed by atoms with Gasteiger partial charge in [0, 0.05) is 26.5 Å². The summed E-state index contributed by atoms with van der Waals surface area (Å²) in [4.78, 5) is 22.7. The molecule has 1 atom stereocenters. The monoisotopic (exact) mass is 448 g/mol. The van der Waals surface area contributed by atoms with Crippen molar-refractivity contribution in [1.82, 2.24) is 25.3 Å². The highest BCUT2D eigenvalue weighted by molar-refractivity contribution is 7.22. The Morgan fingerprint density at radius 3 is 2.79 bits per heavy atom. The van der Waals surface area contributed by atoms with Gasteiger partial charge >= 0.3 is 0 Å². The molecule has 7 heteroatoms. The molecule has 0 saturated carbocycles. The van der Waals surface area contributed by atoms with Gasteiger partial charge in [0.1, 0.15) is 12.2 Å². The molecular weight excluding hydrogens is 428 g/mol. The highest BCUT2D eigenvalue weighted by Gasteiger charge is 2.18. The minimum absolute atomic E-state index is 0.270. The van der Waals surface area contributed by atoms with Gasteiger partial charge in [-0.2, -0.15) is 0 Å². The molecule has 3 aromatic carbocycles. The molecule has 3 aromatic heterocycles. The third kappa shape index (κ3) is 2.85. The van der Waals surface area contributed by atoms with Crippen LogP contribution in [0.1, 0.15) is 24.4 Å². The molecule has 1 unspecified atom stereocenters. The van der Waals surface area contributed by atoms with Gasteiger partial charge in [-0.1, -0.05) is 24.3 Å². The van der Waals surface area contributed by atoms with Crippen molar-refractivity contribution in [2.45, 2.75) is 19.9 Å². The Morgan fingerprint density at radius 1 is 0.970 bits per heavy atom. The van der Waals surface area contributed by atoms with E-state index in [0.29, 0.717) is 0 Å². The summed E-state index contributed by atoms with van der Waals surface area (Å²) < 4.78 is 1.29. The van der Waals surface area contributed by atoms with Gasteiger partial charge in [-0.3, -0.25) is 4.99 Å². The second kappa shape index (κ2) is 6.83. The number of imidazole rings is 1. The quantitative estimate of drug-likeness (QED) is 0.323. The van der Waals surface area contributed by atoms with Crippen LogP contribution in [0.25, 0.3) is 53.2 Å². The molecule has 160 valence electrons. The summed E-state index contributed by atoms with van der Waals surface area (Å²) in [6.45, 7) is 4.80. The van der Waals surface area contributed by atoms with Gasteiger partial charge in [0.15, 0.2) is 0 Å². The lowest BCUT2D eigenvalue weighted by Gasteiger charge is -2.10. The van der Waals surface area contributed by atoms with E-state index >= 15 is 0 Å². The number of benzene rings is 3. The van der Waals surface area contributed by atoms with Crippen LogP contribution in [-0.2, 0) is 0 Å². The molecule has 0 fully saturated rings. The van der Waals surface area contributed by atoms with Crippen LogP contribution in [0.3, 0.4) is 0 Å². The van der Waals surface area contributed by atoms with Crippen LogP contribution in [0.5, 0.6) is 0 Å². The number of nitrogens with one attached hydrogen (secondary N) is 2. The Bertz CT molecular complexity index is 1760. The van der Waals surface area contributed by atoms with Crippen LogP contribution in [0.4, 0.5) is 0 Å². The van der Waals surface area contributed by atoms with Gasteiger partial charge in [0.2, 0.25) is 0 Å². The standard InChI is InChI=1S/C26H20N6S/c1-13-28-11-21(30-13)15-3-4-17-9-23(33-22(17)8-15)16-5-6-18-19(7-16)20-10-27-12-29-24(20)26-25(18)31-14(2)32-26/h3-10,12,21H,11H2,1-2H3,(H,28,30)(H,31,32). The van der Waals surface area contributed by atoms with E-state index in [1.54, 1.807) is 6.33 Å². The molecule has 0 saturated heterocycles. The van der Waals surface area contributed by atoms with Crippen LogP contribution in [0.2, 0.25) is 0 Å². The molecule has 6 nitrogen and oxygen atoms in total. The fourth-order valence-electron chi connectivity index (χ4n) is 4.88. The zero-order valence-electron chi connectivity index (χ0n) is 18.2. The summed E-state index contributed by atoms with van der Waals surface area (Å²) >= 11 is 1.83. The third-order valence-corrected chi connectivity index (χ3v) is 7.61. The number of nitrogens with zero attached hydrogens (tertiary/aromatic N) is 4. The maximum Gasteiger partial charge on any atom is 0.116 e. The molecule has 0 spiro atoms. The largest absolute Gasteiger partial charge is 0.365 e. The summed E-state index contributed by atoms with van der Waals surface area (Å²) in [7, 11) is 0. The molecule has 0 radical (unpaired) electrons. The summed E-state index contributed by atoms with van der Waals surface area (Å²) in [6.07, 6.45) is 3.50. The average Bonchev–Trinajstić information content (AvgIpc) is 3.56. The number of rotatable bonds is 2. The maximum atomic E-state index is 4.75. The van der Waals surface area contributed by atoms with Crippen LogP contribution in [0, 0.1) is 6.92 Å². The summed E-state index contributed by atoms with van der Waals surface area (Å²) in [6, 6.07) is 15.9. The molecule has 4 heterocycles. The van der Waals surface area contributed by atoms with Crippen molar-refractivity contribution in [2.24, 2.45) is 4.99 Å².